The van der Waals surface area contributed by atoms with E-state index in [1.54, 1.807) is 43.5 Å². The highest BCUT2D eigenvalue weighted by atomic mass is 19.1. The lowest BCUT2D eigenvalue weighted by atomic mass is 10.2. The molecule has 0 bridgehead atoms. The fourth-order valence-corrected chi connectivity index (χ4v) is 1.81. The Hall–Kier alpha value is -3.15. The number of hydrogen-bond donors (Lipinski definition) is 1. The molecule has 0 atom stereocenters. The maximum absolute atomic E-state index is 13.4. The van der Waals surface area contributed by atoms with E-state index >= 15 is 0 Å². The highest BCUT2D eigenvalue weighted by Crippen LogP contribution is 2.13. The van der Waals surface area contributed by atoms with E-state index in [4.69, 9.17) is 9.47 Å². The average molecular weight is 329 g/mol. The number of halogens is 1. The van der Waals surface area contributed by atoms with Gasteiger partial charge in [0.1, 0.15) is 11.6 Å². The summed E-state index contributed by atoms with van der Waals surface area (Å²) in [6, 6.07) is 12.8. The molecule has 1 N–H and O–H groups in total. The zero-order valence-corrected chi connectivity index (χ0v) is 13.0. The van der Waals surface area contributed by atoms with Crippen LogP contribution in [-0.2, 0) is 14.3 Å². The number of amides is 1. The van der Waals surface area contributed by atoms with Crippen LogP contribution in [-0.4, -0.2) is 25.6 Å². The topological polar surface area (TPSA) is 64.6 Å². The predicted octanol–water partition coefficient (Wildman–Crippen LogP) is 3.03. The Labute approximate surface area is 138 Å². The monoisotopic (exact) mass is 329 g/mol. The van der Waals surface area contributed by atoms with Gasteiger partial charge in [0, 0.05) is 6.08 Å². The van der Waals surface area contributed by atoms with Gasteiger partial charge >= 0.3 is 5.97 Å². The SMILES string of the molecule is COc1ccc(C=CC(=O)OCC(=O)Nc2ccccc2F)cc1. The number of anilines is 1. The molecule has 0 heterocycles. The van der Waals surface area contributed by atoms with Crippen LogP contribution in [0, 0.1) is 5.82 Å². The summed E-state index contributed by atoms with van der Waals surface area (Å²) in [7, 11) is 1.56. The number of para-hydroxylation sites is 1. The molecule has 24 heavy (non-hydrogen) atoms. The van der Waals surface area contributed by atoms with Crippen molar-refractivity contribution in [3.63, 3.8) is 0 Å². The van der Waals surface area contributed by atoms with Crippen molar-refractivity contribution in [3.05, 3.63) is 66.0 Å². The molecule has 2 aromatic carbocycles. The number of rotatable bonds is 6. The lowest BCUT2D eigenvalue weighted by Crippen LogP contribution is -2.20. The van der Waals surface area contributed by atoms with Crippen molar-refractivity contribution in [1.82, 2.24) is 0 Å². The lowest BCUT2D eigenvalue weighted by Gasteiger charge is -2.06. The zero-order chi connectivity index (χ0) is 17.4. The van der Waals surface area contributed by atoms with Gasteiger partial charge in [0.2, 0.25) is 0 Å². The van der Waals surface area contributed by atoms with E-state index in [0.29, 0.717) is 5.75 Å². The normalized spacial score (nSPS) is 10.4. The highest BCUT2D eigenvalue weighted by molar-refractivity contribution is 5.94. The van der Waals surface area contributed by atoms with Crippen LogP contribution in [0.15, 0.2) is 54.6 Å². The van der Waals surface area contributed by atoms with Crippen LogP contribution in [0.1, 0.15) is 5.56 Å². The van der Waals surface area contributed by atoms with Crippen LogP contribution in [0.5, 0.6) is 5.75 Å². The van der Waals surface area contributed by atoms with E-state index in [0.717, 1.165) is 5.56 Å². The molecule has 0 saturated heterocycles. The Morgan fingerprint density at radius 2 is 1.83 bits per heavy atom. The Bertz CT molecular complexity index is 741. The summed E-state index contributed by atoms with van der Waals surface area (Å²) in [5.74, 6) is -1.14. The van der Waals surface area contributed by atoms with Gasteiger partial charge in [-0.05, 0) is 35.9 Å². The number of ether oxygens (including phenoxy) is 2. The molecule has 0 aromatic heterocycles. The van der Waals surface area contributed by atoms with Crippen molar-refractivity contribution in [2.24, 2.45) is 0 Å². The molecule has 0 spiro atoms. The van der Waals surface area contributed by atoms with Crippen LogP contribution >= 0.6 is 0 Å². The van der Waals surface area contributed by atoms with Gasteiger partial charge in [-0.25, -0.2) is 9.18 Å². The van der Waals surface area contributed by atoms with Crippen molar-refractivity contribution in [1.29, 1.82) is 0 Å². The molecule has 2 rings (SSSR count). The summed E-state index contributed by atoms with van der Waals surface area (Å²) in [4.78, 5) is 23.2. The summed E-state index contributed by atoms with van der Waals surface area (Å²) in [6.07, 6.45) is 2.76. The fraction of sp³-hybridized carbons (Fsp3) is 0.111. The first-order chi connectivity index (χ1) is 11.6. The quantitative estimate of drug-likeness (QED) is 0.653. The third kappa shape index (κ3) is 5.24. The Morgan fingerprint density at radius 1 is 1.12 bits per heavy atom. The molecular weight excluding hydrogens is 313 g/mol. The molecule has 124 valence electrons. The Morgan fingerprint density at radius 3 is 2.50 bits per heavy atom. The van der Waals surface area contributed by atoms with Crippen LogP contribution in [0.4, 0.5) is 10.1 Å². The largest absolute Gasteiger partial charge is 0.497 e. The van der Waals surface area contributed by atoms with Crippen LogP contribution in [0.25, 0.3) is 6.08 Å². The van der Waals surface area contributed by atoms with Crippen LogP contribution in [0.2, 0.25) is 0 Å². The standard InChI is InChI=1S/C18H16FNO4/c1-23-14-9-6-13(7-10-14)8-11-18(22)24-12-17(21)20-16-5-3-2-4-15(16)19/h2-11H,12H2,1H3,(H,20,21). The molecule has 2 aromatic rings. The third-order valence-electron chi connectivity index (χ3n) is 3.02. The molecule has 0 unspecified atom stereocenters. The van der Waals surface area contributed by atoms with Crippen molar-refractivity contribution < 1.29 is 23.5 Å². The Balaban J connectivity index is 1.80. The van der Waals surface area contributed by atoms with E-state index in [-0.39, 0.29) is 5.69 Å². The minimum atomic E-state index is -0.672. The number of carbonyl (C=O) groups excluding carboxylic acids is 2. The van der Waals surface area contributed by atoms with Gasteiger partial charge in [-0.3, -0.25) is 4.79 Å². The maximum atomic E-state index is 13.4. The lowest BCUT2D eigenvalue weighted by molar-refractivity contribution is -0.142. The van der Waals surface area contributed by atoms with Crippen molar-refractivity contribution in [3.8, 4) is 5.75 Å². The number of benzene rings is 2. The number of hydrogen-bond acceptors (Lipinski definition) is 4. The fourth-order valence-electron chi connectivity index (χ4n) is 1.81. The van der Waals surface area contributed by atoms with Crippen LogP contribution < -0.4 is 10.1 Å². The Kier molecular flexibility index (Phi) is 6.08. The molecule has 0 aliphatic carbocycles. The van der Waals surface area contributed by atoms with Gasteiger partial charge < -0.3 is 14.8 Å². The van der Waals surface area contributed by atoms with Crippen molar-refractivity contribution in [2.75, 3.05) is 19.0 Å². The molecule has 6 heteroatoms. The minimum Gasteiger partial charge on any atom is -0.497 e. The first kappa shape index (κ1) is 17.2. The second-order valence-corrected chi connectivity index (χ2v) is 4.74. The van der Waals surface area contributed by atoms with Gasteiger partial charge in [-0.2, -0.15) is 0 Å². The molecule has 0 aliphatic rings. The number of nitrogens with one attached hydrogen (secondary N) is 1. The zero-order valence-electron chi connectivity index (χ0n) is 13.0. The first-order valence-corrected chi connectivity index (χ1v) is 7.12. The van der Waals surface area contributed by atoms with Gasteiger partial charge in [0.15, 0.2) is 6.61 Å². The summed E-state index contributed by atoms with van der Waals surface area (Å²) in [5, 5.41) is 2.32. The second kappa shape index (κ2) is 8.47. The first-order valence-electron chi connectivity index (χ1n) is 7.12. The highest BCUT2D eigenvalue weighted by Gasteiger charge is 2.08. The molecule has 0 radical (unpaired) electrons. The molecule has 0 aliphatic heterocycles. The smallest absolute Gasteiger partial charge is 0.331 e. The molecule has 0 fully saturated rings. The van der Waals surface area contributed by atoms with Gasteiger partial charge in [-0.1, -0.05) is 24.3 Å². The summed E-state index contributed by atoms with van der Waals surface area (Å²) >= 11 is 0. The second-order valence-electron chi connectivity index (χ2n) is 4.74. The average Bonchev–Trinajstić information content (AvgIpc) is 2.60. The van der Waals surface area contributed by atoms with E-state index in [1.807, 2.05) is 0 Å². The van der Waals surface area contributed by atoms with Gasteiger partial charge in [0.05, 0.1) is 12.8 Å². The predicted molar refractivity (Wildman–Crippen MR) is 88.0 cm³/mol. The summed E-state index contributed by atoms with van der Waals surface area (Å²) in [5.41, 5.74) is 0.816. The van der Waals surface area contributed by atoms with Gasteiger partial charge in [0.25, 0.3) is 5.91 Å². The summed E-state index contributed by atoms with van der Waals surface area (Å²) in [6.45, 7) is -0.500. The van der Waals surface area contributed by atoms with Crippen molar-refractivity contribution in [2.45, 2.75) is 0 Å². The molecule has 5 nitrogen and oxygen atoms in total. The number of methoxy groups -OCH3 is 1. The minimum absolute atomic E-state index is 0.0346. The van der Waals surface area contributed by atoms with E-state index < -0.39 is 24.3 Å². The summed E-state index contributed by atoms with van der Waals surface area (Å²) < 4.78 is 23.2. The molecule has 0 saturated carbocycles. The molecule has 1 amide bonds. The van der Waals surface area contributed by atoms with E-state index in [2.05, 4.69) is 5.32 Å². The molecular formula is C18H16FNO4. The number of esters is 1. The maximum Gasteiger partial charge on any atom is 0.331 e. The number of carbonyl (C=O) groups is 2. The van der Waals surface area contributed by atoms with Gasteiger partial charge in [-0.15, -0.1) is 0 Å². The van der Waals surface area contributed by atoms with Crippen LogP contribution in [0.3, 0.4) is 0 Å². The van der Waals surface area contributed by atoms with E-state index in [9.17, 15) is 14.0 Å². The van der Waals surface area contributed by atoms with Crippen molar-refractivity contribution >= 4 is 23.6 Å². The van der Waals surface area contributed by atoms with E-state index in [1.165, 1.54) is 24.3 Å². The third-order valence-corrected chi connectivity index (χ3v) is 3.02.